The normalized spacial score (nSPS) is 25.0. The molecule has 3 nitrogen and oxygen atoms in total. The second-order valence-electron chi connectivity index (χ2n) is 7.20. The molecule has 0 radical (unpaired) electrons. The van der Waals surface area contributed by atoms with Crippen molar-refractivity contribution in [2.24, 2.45) is 5.41 Å². The zero-order valence-electron chi connectivity index (χ0n) is 13.4. The Morgan fingerprint density at radius 2 is 1.95 bits per heavy atom. The smallest absolute Gasteiger partial charge is 0.124 e. The van der Waals surface area contributed by atoms with Crippen LogP contribution >= 0.6 is 0 Å². The first kappa shape index (κ1) is 14.7. The van der Waals surface area contributed by atoms with Gasteiger partial charge in [0.25, 0.3) is 0 Å². The third kappa shape index (κ3) is 3.34. The minimum absolute atomic E-state index is 0.398. The van der Waals surface area contributed by atoms with E-state index in [4.69, 9.17) is 9.47 Å². The molecule has 1 fully saturated rings. The molecule has 1 saturated carbocycles. The largest absolute Gasteiger partial charge is 0.497 e. The van der Waals surface area contributed by atoms with Crippen molar-refractivity contribution >= 4 is 0 Å². The van der Waals surface area contributed by atoms with Crippen LogP contribution in [0.4, 0.5) is 0 Å². The standard InChI is InChI=1S/C18H27NO2/c1-18(2)9-6-13(7-10-18)19-16-8-11-21-17-5-4-14(20-3)12-15(16)17/h4-5,12-13,16,19H,6-11H2,1-3H3. The molecular weight excluding hydrogens is 262 g/mol. The predicted octanol–water partition coefficient (Wildman–Crippen LogP) is 4.08. The van der Waals surface area contributed by atoms with E-state index in [9.17, 15) is 0 Å². The van der Waals surface area contributed by atoms with Crippen LogP contribution in [0.15, 0.2) is 18.2 Å². The van der Waals surface area contributed by atoms with Crippen LogP contribution in [-0.4, -0.2) is 19.8 Å². The van der Waals surface area contributed by atoms with E-state index in [1.807, 2.05) is 12.1 Å². The second-order valence-corrected chi connectivity index (χ2v) is 7.20. The van der Waals surface area contributed by atoms with E-state index >= 15 is 0 Å². The van der Waals surface area contributed by atoms with Crippen molar-refractivity contribution in [1.82, 2.24) is 5.32 Å². The Labute approximate surface area is 128 Å². The first-order chi connectivity index (χ1) is 10.1. The summed E-state index contributed by atoms with van der Waals surface area (Å²) in [6.45, 7) is 5.57. The van der Waals surface area contributed by atoms with E-state index in [1.54, 1.807) is 7.11 Å². The average molecular weight is 289 g/mol. The van der Waals surface area contributed by atoms with E-state index in [-0.39, 0.29) is 0 Å². The number of hydrogen-bond acceptors (Lipinski definition) is 3. The summed E-state index contributed by atoms with van der Waals surface area (Å²) in [5.41, 5.74) is 1.78. The van der Waals surface area contributed by atoms with Gasteiger partial charge in [-0.15, -0.1) is 0 Å². The summed E-state index contributed by atoms with van der Waals surface area (Å²) in [6, 6.07) is 7.17. The summed E-state index contributed by atoms with van der Waals surface area (Å²) in [6.07, 6.45) is 6.24. The van der Waals surface area contributed by atoms with Crippen molar-refractivity contribution in [3.63, 3.8) is 0 Å². The molecule has 1 atom stereocenters. The number of rotatable bonds is 3. The third-order valence-corrected chi connectivity index (χ3v) is 5.03. The van der Waals surface area contributed by atoms with Gasteiger partial charge in [0.05, 0.1) is 13.7 Å². The molecule has 116 valence electrons. The number of hydrogen-bond donors (Lipinski definition) is 1. The Balaban J connectivity index is 1.70. The van der Waals surface area contributed by atoms with Crippen LogP contribution in [0.5, 0.6) is 11.5 Å². The third-order valence-electron chi connectivity index (χ3n) is 5.03. The predicted molar refractivity (Wildman–Crippen MR) is 85.0 cm³/mol. The van der Waals surface area contributed by atoms with Gasteiger partial charge in [0, 0.05) is 24.1 Å². The maximum Gasteiger partial charge on any atom is 0.124 e. The highest BCUT2D eigenvalue weighted by Gasteiger charge is 2.30. The molecule has 0 spiro atoms. The van der Waals surface area contributed by atoms with Gasteiger partial charge in [-0.3, -0.25) is 0 Å². The minimum Gasteiger partial charge on any atom is -0.497 e. The summed E-state index contributed by atoms with van der Waals surface area (Å²) in [4.78, 5) is 0. The highest BCUT2D eigenvalue weighted by Crippen LogP contribution is 2.38. The first-order valence-electron chi connectivity index (χ1n) is 8.14. The molecule has 1 heterocycles. The molecule has 21 heavy (non-hydrogen) atoms. The van der Waals surface area contributed by atoms with Gasteiger partial charge in [-0.05, 0) is 49.3 Å². The van der Waals surface area contributed by atoms with Gasteiger partial charge in [-0.1, -0.05) is 13.8 Å². The summed E-state index contributed by atoms with van der Waals surface area (Å²) >= 11 is 0. The van der Waals surface area contributed by atoms with Gasteiger partial charge < -0.3 is 14.8 Å². The SMILES string of the molecule is COc1ccc2c(c1)C(NC1CCC(C)(C)CC1)CCO2. The van der Waals surface area contributed by atoms with Gasteiger partial charge in [0.2, 0.25) is 0 Å². The maximum atomic E-state index is 5.78. The Hall–Kier alpha value is -1.22. The number of methoxy groups -OCH3 is 1. The molecule has 2 aliphatic rings. The van der Waals surface area contributed by atoms with Crippen LogP contribution in [0.3, 0.4) is 0 Å². The van der Waals surface area contributed by atoms with Crippen molar-refractivity contribution < 1.29 is 9.47 Å². The lowest BCUT2D eigenvalue weighted by molar-refractivity contribution is 0.182. The molecule has 0 saturated heterocycles. The zero-order valence-corrected chi connectivity index (χ0v) is 13.4. The minimum atomic E-state index is 0.398. The summed E-state index contributed by atoms with van der Waals surface area (Å²) in [5, 5.41) is 3.87. The number of fused-ring (bicyclic) bond motifs is 1. The quantitative estimate of drug-likeness (QED) is 0.909. The lowest BCUT2D eigenvalue weighted by Gasteiger charge is -2.37. The fraction of sp³-hybridized carbons (Fsp3) is 0.667. The number of ether oxygens (including phenoxy) is 2. The Bertz CT molecular complexity index is 488. The first-order valence-corrected chi connectivity index (χ1v) is 8.14. The fourth-order valence-corrected chi connectivity index (χ4v) is 3.52. The number of nitrogens with one attached hydrogen (secondary N) is 1. The Morgan fingerprint density at radius 3 is 2.67 bits per heavy atom. The molecule has 0 bridgehead atoms. The molecule has 1 aromatic carbocycles. The molecule has 3 heteroatoms. The van der Waals surface area contributed by atoms with Crippen molar-refractivity contribution in [3.8, 4) is 11.5 Å². The van der Waals surface area contributed by atoms with E-state index in [2.05, 4.69) is 25.2 Å². The van der Waals surface area contributed by atoms with Gasteiger partial charge in [0.15, 0.2) is 0 Å². The Morgan fingerprint density at radius 1 is 1.19 bits per heavy atom. The van der Waals surface area contributed by atoms with Crippen molar-refractivity contribution in [2.75, 3.05) is 13.7 Å². The van der Waals surface area contributed by atoms with Gasteiger partial charge in [-0.2, -0.15) is 0 Å². The highest BCUT2D eigenvalue weighted by atomic mass is 16.5. The van der Waals surface area contributed by atoms with E-state index in [0.29, 0.717) is 17.5 Å². The highest BCUT2D eigenvalue weighted by molar-refractivity contribution is 5.43. The molecule has 0 amide bonds. The molecule has 1 aliphatic carbocycles. The second kappa shape index (κ2) is 5.88. The van der Waals surface area contributed by atoms with E-state index in [0.717, 1.165) is 24.5 Å². The molecular formula is C18H27NO2. The average Bonchev–Trinajstić information content (AvgIpc) is 2.49. The van der Waals surface area contributed by atoms with Gasteiger partial charge in [0.1, 0.15) is 11.5 Å². The summed E-state index contributed by atoms with van der Waals surface area (Å²) in [7, 11) is 1.72. The maximum absolute atomic E-state index is 5.78. The van der Waals surface area contributed by atoms with E-state index in [1.165, 1.54) is 31.2 Å². The van der Waals surface area contributed by atoms with Crippen molar-refractivity contribution in [3.05, 3.63) is 23.8 Å². The molecule has 1 N–H and O–H groups in total. The molecule has 1 aliphatic heterocycles. The topological polar surface area (TPSA) is 30.5 Å². The van der Waals surface area contributed by atoms with Crippen LogP contribution < -0.4 is 14.8 Å². The molecule has 1 unspecified atom stereocenters. The van der Waals surface area contributed by atoms with Gasteiger partial charge >= 0.3 is 0 Å². The molecule has 0 aromatic heterocycles. The van der Waals surface area contributed by atoms with Crippen LogP contribution in [0.25, 0.3) is 0 Å². The van der Waals surface area contributed by atoms with Gasteiger partial charge in [-0.25, -0.2) is 0 Å². The van der Waals surface area contributed by atoms with Crippen LogP contribution in [-0.2, 0) is 0 Å². The fourth-order valence-electron chi connectivity index (χ4n) is 3.52. The van der Waals surface area contributed by atoms with Crippen molar-refractivity contribution in [2.45, 2.75) is 58.0 Å². The lowest BCUT2D eigenvalue weighted by Crippen LogP contribution is -2.39. The van der Waals surface area contributed by atoms with Crippen LogP contribution in [0.2, 0.25) is 0 Å². The zero-order chi connectivity index (χ0) is 14.9. The van der Waals surface area contributed by atoms with Crippen LogP contribution in [0, 0.1) is 5.41 Å². The van der Waals surface area contributed by atoms with Crippen molar-refractivity contribution in [1.29, 1.82) is 0 Å². The Kier molecular flexibility index (Phi) is 4.12. The van der Waals surface area contributed by atoms with E-state index < -0.39 is 0 Å². The number of benzene rings is 1. The monoisotopic (exact) mass is 289 g/mol. The molecule has 3 rings (SSSR count). The summed E-state index contributed by atoms with van der Waals surface area (Å²) in [5.74, 6) is 1.92. The lowest BCUT2D eigenvalue weighted by atomic mass is 9.75. The van der Waals surface area contributed by atoms with Crippen LogP contribution in [0.1, 0.15) is 57.6 Å². The summed E-state index contributed by atoms with van der Waals surface area (Å²) < 4.78 is 11.1. The molecule has 1 aromatic rings.